The van der Waals surface area contributed by atoms with E-state index in [1.807, 2.05) is 54.6 Å². The highest BCUT2D eigenvalue weighted by atomic mass is 16.4. The second kappa shape index (κ2) is 10.2. The highest BCUT2D eigenvalue weighted by molar-refractivity contribution is 5.90. The van der Waals surface area contributed by atoms with Gasteiger partial charge in [-0.3, -0.25) is 9.98 Å². The van der Waals surface area contributed by atoms with Gasteiger partial charge in [0.05, 0.1) is 17.8 Å². The van der Waals surface area contributed by atoms with Crippen LogP contribution in [-0.2, 0) is 0 Å². The molecule has 0 aliphatic heterocycles. The number of aromatic nitrogens is 1. The maximum atomic E-state index is 9.88. The van der Waals surface area contributed by atoms with E-state index in [2.05, 4.69) is 9.98 Å². The molecule has 7 nitrogen and oxygen atoms in total. The van der Waals surface area contributed by atoms with Gasteiger partial charge in [0.1, 0.15) is 24.4 Å². The minimum atomic E-state index is -1.69. The third-order valence-corrected chi connectivity index (χ3v) is 4.69. The van der Waals surface area contributed by atoms with Gasteiger partial charge in [0.15, 0.2) is 0 Å². The van der Waals surface area contributed by atoms with E-state index in [0.29, 0.717) is 5.69 Å². The van der Waals surface area contributed by atoms with Crippen LogP contribution in [0.25, 0.3) is 23.1 Å². The summed E-state index contributed by atoms with van der Waals surface area (Å²) < 4.78 is 0. The molecule has 0 aliphatic carbocycles. The lowest BCUT2D eigenvalue weighted by molar-refractivity contribution is -0.0999. The second-order valence-corrected chi connectivity index (χ2v) is 6.84. The molecule has 0 amide bonds. The fourth-order valence-corrected chi connectivity index (χ4v) is 2.91. The molecule has 156 valence electrons. The number of benzene rings is 2. The summed E-state index contributed by atoms with van der Waals surface area (Å²) in [6, 6.07) is 17.1. The number of rotatable bonds is 8. The molecule has 1 heterocycles. The summed E-state index contributed by atoms with van der Waals surface area (Å²) in [6.07, 6.45) is 0.424. The van der Waals surface area contributed by atoms with Gasteiger partial charge in [0.2, 0.25) is 0 Å². The molecule has 0 spiro atoms. The Hall–Kier alpha value is -2.94. The van der Waals surface area contributed by atoms with Crippen molar-refractivity contribution in [2.75, 3.05) is 6.61 Å². The molecule has 0 bridgehead atoms. The van der Waals surface area contributed by atoms with Gasteiger partial charge in [-0.1, -0.05) is 42.5 Å². The van der Waals surface area contributed by atoms with E-state index in [1.54, 1.807) is 18.3 Å². The quantitative estimate of drug-likeness (QED) is 0.360. The van der Waals surface area contributed by atoms with Crippen molar-refractivity contribution in [3.05, 3.63) is 71.9 Å². The minimum absolute atomic E-state index is 0.546. The lowest BCUT2D eigenvalue weighted by Crippen LogP contribution is -2.46. The molecule has 7 heteroatoms. The van der Waals surface area contributed by atoms with Crippen LogP contribution in [0.2, 0.25) is 0 Å². The average Bonchev–Trinajstić information content (AvgIpc) is 2.80. The third kappa shape index (κ3) is 5.35. The van der Waals surface area contributed by atoms with Crippen LogP contribution in [0.1, 0.15) is 11.1 Å². The van der Waals surface area contributed by atoms with Gasteiger partial charge in [-0.25, -0.2) is 0 Å². The average molecular weight is 408 g/mol. The van der Waals surface area contributed by atoms with Crippen LogP contribution in [0.4, 0.5) is 5.69 Å². The van der Waals surface area contributed by atoms with E-state index in [9.17, 15) is 20.4 Å². The standard InChI is InChI=1S/C23H24N2O5/c26-14-21(28)23(30)22(29)20(27)13-25-17-9-6-15(7-10-17)5-8-16-11-12-24-19-4-2-1-3-18(16)19/h1-13,20-23,26-30H,14H2/b8-5+,25-13?/t20-,21+,22+,23+/m1/s1. The predicted octanol–water partition coefficient (Wildman–Crippen LogP) is 1.54. The topological polar surface area (TPSA) is 126 Å². The van der Waals surface area contributed by atoms with Gasteiger partial charge in [0, 0.05) is 17.8 Å². The number of nitrogens with zero attached hydrogens (tertiary/aromatic N) is 2. The summed E-state index contributed by atoms with van der Waals surface area (Å²) in [4.78, 5) is 8.42. The maximum Gasteiger partial charge on any atom is 0.118 e. The van der Waals surface area contributed by atoms with Gasteiger partial charge >= 0.3 is 0 Å². The number of hydrogen-bond donors (Lipinski definition) is 5. The first-order valence-electron chi connectivity index (χ1n) is 9.49. The summed E-state index contributed by atoms with van der Waals surface area (Å²) in [5.41, 5.74) is 3.49. The Morgan fingerprint density at radius 2 is 1.60 bits per heavy atom. The normalized spacial score (nSPS) is 16.2. The summed E-state index contributed by atoms with van der Waals surface area (Å²) in [5, 5.41) is 48.5. The molecule has 0 radical (unpaired) electrons. The summed E-state index contributed by atoms with van der Waals surface area (Å²) >= 11 is 0. The summed E-state index contributed by atoms with van der Waals surface area (Å²) in [5.74, 6) is 0. The zero-order chi connectivity index (χ0) is 21.5. The highest BCUT2D eigenvalue weighted by Gasteiger charge is 2.29. The monoisotopic (exact) mass is 408 g/mol. The lowest BCUT2D eigenvalue weighted by atomic mass is 10.0. The van der Waals surface area contributed by atoms with Crippen LogP contribution in [0.5, 0.6) is 0 Å². The summed E-state index contributed by atoms with van der Waals surface area (Å²) in [6.45, 7) is -0.730. The Morgan fingerprint density at radius 1 is 0.867 bits per heavy atom. The molecule has 4 atom stereocenters. The van der Waals surface area contributed by atoms with Crippen molar-refractivity contribution in [1.82, 2.24) is 4.98 Å². The van der Waals surface area contributed by atoms with E-state index in [0.717, 1.165) is 28.2 Å². The van der Waals surface area contributed by atoms with Crippen molar-refractivity contribution in [2.24, 2.45) is 4.99 Å². The molecule has 0 unspecified atom stereocenters. The molecule has 30 heavy (non-hydrogen) atoms. The molecule has 5 N–H and O–H groups in total. The first-order valence-corrected chi connectivity index (χ1v) is 9.49. The fourth-order valence-electron chi connectivity index (χ4n) is 2.91. The molecule has 0 fully saturated rings. The fraction of sp³-hybridized carbons (Fsp3) is 0.217. The van der Waals surface area contributed by atoms with Gasteiger partial charge in [-0.2, -0.15) is 0 Å². The zero-order valence-electron chi connectivity index (χ0n) is 16.2. The van der Waals surface area contributed by atoms with Gasteiger partial charge < -0.3 is 25.5 Å². The molecular formula is C23H24N2O5. The smallest absolute Gasteiger partial charge is 0.118 e. The predicted molar refractivity (Wildman–Crippen MR) is 116 cm³/mol. The van der Waals surface area contributed by atoms with Crippen molar-refractivity contribution >= 4 is 35.0 Å². The number of aliphatic hydroxyl groups is 5. The van der Waals surface area contributed by atoms with E-state index in [4.69, 9.17) is 5.11 Å². The first kappa shape index (κ1) is 21.8. The Bertz CT molecular complexity index is 1010. The van der Waals surface area contributed by atoms with Crippen LogP contribution in [0, 0.1) is 0 Å². The Morgan fingerprint density at radius 3 is 2.33 bits per heavy atom. The molecule has 1 aromatic heterocycles. The van der Waals surface area contributed by atoms with Gasteiger partial charge in [-0.05, 0) is 35.4 Å². The van der Waals surface area contributed by atoms with E-state index < -0.39 is 31.0 Å². The van der Waals surface area contributed by atoms with Crippen LogP contribution in [0.3, 0.4) is 0 Å². The molecule has 2 aromatic carbocycles. The number of pyridine rings is 1. The van der Waals surface area contributed by atoms with Gasteiger partial charge in [-0.15, -0.1) is 0 Å². The number of fused-ring (bicyclic) bond motifs is 1. The van der Waals surface area contributed by atoms with Crippen LogP contribution >= 0.6 is 0 Å². The zero-order valence-corrected chi connectivity index (χ0v) is 16.2. The maximum absolute atomic E-state index is 9.88. The third-order valence-electron chi connectivity index (χ3n) is 4.69. The van der Waals surface area contributed by atoms with Crippen LogP contribution < -0.4 is 0 Å². The molecule has 3 rings (SSSR count). The number of para-hydroxylation sites is 1. The van der Waals surface area contributed by atoms with E-state index >= 15 is 0 Å². The molecular weight excluding hydrogens is 384 g/mol. The lowest BCUT2D eigenvalue weighted by Gasteiger charge is -2.23. The molecule has 3 aromatic rings. The number of hydrogen-bond acceptors (Lipinski definition) is 7. The molecule has 0 saturated heterocycles. The summed E-state index contributed by atoms with van der Waals surface area (Å²) in [7, 11) is 0. The van der Waals surface area contributed by atoms with Crippen molar-refractivity contribution in [3.8, 4) is 0 Å². The largest absolute Gasteiger partial charge is 0.394 e. The Balaban J connectivity index is 1.66. The Kier molecular flexibility index (Phi) is 7.40. The second-order valence-electron chi connectivity index (χ2n) is 6.84. The Labute approximate surface area is 173 Å². The number of aliphatic hydroxyl groups excluding tert-OH is 5. The molecule has 0 saturated carbocycles. The van der Waals surface area contributed by atoms with Crippen molar-refractivity contribution in [1.29, 1.82) is 0 Å². The van der Waals surface area contributed by atoms with Crippen LogP contribution in [0.15, 0.2) is 65.8 Å². The first-order chi connectivity index (χ1) is 14.5. The van der Waals surface area contributed by atoms with E-state index in [1.165, 1.54) is 0 Å². The SMILES string of the molecule is OC[C@H](O)[C@H](O)[C@@H](O)[C@H](O)C=Nc1ccc(/C=C/c2ccnc3ccccc23)cc1. The van der Waals surface area contributed by atoms with Crippen molar-refractivity contribution in [3.63, 3.8) is 0 Å². The van der Waals surface area contributed by atoms with E-state index in [-0.39, 0.29) is 0 Å². The minimum Gasteiger partial charge on any atom is -0.394 e. The number of aliphatic imine (C=N–C) groups is 1. The van der Waals surface area contributed by atoms with Crippen molar-refractivity contribution in [2.45, 2.75) is 24.4 Å². The highest BCUT2D eigenvalue weighted by Crippen LogP contribution is 2.20. The molecule has 0 aliphatic rings. The van der Waals surface area contributed by atoms with Gasteiger partial charge in [0.25, 0.3) is 0 Å². The van der Waals surface area contributed by atoms with Crippen molar-refractivity contribution < 1.29 is 25.5 Å². The van der Waals surface area contributed by atoms with Crippen LogP contribution in [-0.4, -0.2) is 67.8 Å².